The molecule has 1 aliphatic heterocycles. The molecule has 3 N–H and O–H groups in total. The van der Waals surface area contributed by atoms with Crippen molar-refractivity contribution in [1.82, 2.24) is 15.2 Å². The van der Waals surface area contributed by atoms with Crippen LogP contribution in [0.5, 0.6) is 5.75 Å². The molecule has 1 amide bonds. The zero-order valence-corrected chi connectivity index (χ0v) is 14.6. The van der Waals surface area contributed by atoms with Crippen LogP contribution in [0, 0.1) is 0 Å². The van der Waals surface area contributed by atoms with Gasteiger partial charge in [-0.25, -0.2) is 0 Å². The first-order valence-electron chi connectivity index (χ1n) is 9.06. The van der Waals surface area contributed by atoms with E-state index in [9.17, 15) is 9.90 Å². The first-order chi connectivity index (χ1) is 12.7. The molecule has 1 fully saturated rings. The van der Waals surface area contributed by atoms with Gasteiger partial charge in [0.1, 0.15) is 5.75 Å². The van der Waals surface area contributed by atoms with E-state index in [1.54, 1.807) is 12.1 Å². The van der Waals surface area contributed by atoms with Crippen LogP contribution in [0.1, 0.15) is 11.1 Å². The van der Waals surface area contributed by atoms with Crippen molar-refractivity contribution >= 4 is 16.8 Å². The molecule has 2 heterocycles. The molecule has 1 unspecified atom stereocenters. The van der Waals surface area contributed by atoms with Gasteiger partial charge in [-0.2, -0.15) is 0 Å². The van der Waals surface area contributed by atoms with Crippen molar-refractivity contribution in [3.8, 4) is 5.75 Å². The van der Waals surface area contributed by atoms with Gasteiger partial charge in [0, 0.05) is 36.7 Å². The monoisotopic (exact) mass is 349 g/mol. The lowest BCUT2D eigenvalue weighted by atomic mass is 10.0. The number of nitrogens with one attached hydrogen (secondary N) is 2. The van der Waals surface area contributed by atoms with Gasteiger partial charge in [-0.1, -0.05) is 30.3 Å². The molecular formula is C21H23N3O2. The lowest BCUT2D eigenvalue weighted by Gasteiger charge is -2.33. The average molecular weight is 349 g/mol. The van der Waals surface area contributed by atoms with Crippen molar-refractivity contribution in [3.63, 3.8) is 0 Å². The Balaban J connectivity index is 1.42. The van der Waals surface area contributed by atoms with E-state index in [0.717, 1.165) is 30.6 Å². The van der Waals surface area contributed by atoms with E-state index in [1.807, 2.05) is 35.4 Å². The van der Waals surface area contributed by atoms with E-state index in [-0.39, 0.29) is 17.7 Å². The molecule has 0 spiro atoms. The summed E-state index contributed by atoms with van der Waals surface area (Å²) in [6, 6.07) is 15.2. The number of aromatic amines is 1. The molecule has 5 heteroatoms. The molecule has 1 saturated heterocycles. The molecule has 4 rings (SSSR count). The number of carbonyl (C=O) groups excluding carboxylic acids is 1. The van der Waals surface area contributed by atoms with Crippen molar-refractivity contribution in [2.45, 2.75) is 18.9 Å². The molecule has 5 nitrogen and oxygen atoms in total. The van der Waals surface area contributed by atoms with Crippen LogP contribution in [0.3, 0.4) is 0 Å². The number of phenols is 1. The van der Waals surface area contributed by atoms with Gasteiger partial charge in [0.05, 0.1) is 6.04 Å². The Kier molecular flexibility index (Phi) is 4.63. The number of hydrogen-bond donors (Lipinski definition) is 3. The minimum absolute atomic E-state index is 0.154. The Labute approximate surface area is 152 Å². The number of hydrogen-bond acceptors (Lipinski definition) is 3. The van der Waals surface area contributed by atoms with Gasteiger partial charge in [-0.3, -0.25) is 4.79 Å². The number of rotatable bonds is 5. The number of aromatic nitrogens is 1. The maximum atomic E-state index is 12.9. The highest BCUT2D eigenvalue weighted by molar-refractivity contribution is 5.86. The molecule has 2 aromatic carbocycles. The van der Waals surface area contributed by atoms with Gasteiger partial charge in [-0.05, 0) is 42.2 Å². The summed E-state index contributed by atoms with van der Waals surface area (Å²) in [6.07, 6.45) is 3.44. The molecular weight excluding hydrogens is 326 g/mol. The van der Waals surface area contributed by atoms with E-state index >= 15 is 0 Å². The fourth-order valence-corrected chi connectivity index (χ4v) is 3.67. The number of aromatic hydroxyl groups is 1. The molecule has 0 aliphatic carbocycles. The van der Waals surface area contributed by atoms with Crippen LogP contribution in [0.2, 0.25) is 0 Å². The van der Waals surface area contributed by atoms with Crippen LogP contribution in [0.4, 0.5) is 0 Å². The summed E-state index contributed by atoms with van der Waals surface area (Å²) >= 11 is 0. The summed E-state index contributed by atoms with van der Waals surface area (Å²) in [7, 11) is 0. The molecule has 3 aromatic rings. The van der Waals surface area contributed by atoms with Crippen molar-refractivity contribution < 1.29 is 9.90 Å². The third kappa shape index (κ3) is 3.44. The highest BCUT2D eigenvalue weighted by Gasteiger charge is 2.28. The fraction of sp³-hybridized carbons (Fsp3) is 0.286. The van der Waals surface area contributed by atoms with Gasteiger partial charge in [0.15, 0.2) is 0 Å². The predicted octanol–water partition coefficient (Wildman–Crippen LogP) is 2.46. The van der Waals surface area contributed by atoms with Gasteiger partial charge in [0.2, 0.25) is 5.91 Å². The standard InChI is InChI=1S/C21H23N3O2/c25-17-5-3-4-15(12-17)8-10-24-11-9-22-20(21(24)26)13-16-14-23-19-7-2-1-6-18(16)19/h1-7,12,14,20,22-23,25H,8-11,13H2. The Morgan fingerprint density at radius 2 is 2.04 bits per heavy atom. The van der Waals surface area contributed by atoms with Crippen LogP contribution >= 0.6 is 0 Å². The quantitative estimate of drug-likeness (QED) is 0.663. The van der Waals surface area contributed by atoms with E-state index in [4.69, 9.17) is 0 Å². The molecule has 1 atom stereocenters. The zero-order valence-electron chi connectivity index (χ0n) is 14.6. The predicted molar refractivity (Wildman–Crippen MR) is 102 cm³/mol. The number of nitrogens with zero attached hydrogens (tertiary/aromatic N) is 1. The number of carbonyl (C=O) groups is 1. The van der Waals surface area contributed by atoms with Crippen LogP contribution in [-0.2, 0) is 17.6 Å². The average Bonchev–Trinajstić information content (AvgIpc) is 3.06. The minimum Gasteiger partial charge on any atom is -0.508 e. The maximum absolute atomic E-state index is 12.9. The summed E-state index contributed by atoms with van der Waals surface area (Å²) < 4.78 is 0. The smallest absolute Gasteiger partial charge is 0.240 e. The number of H-pyrrole nitrogens is 1. The summed E-state index contributed by atoms with van der Waals surface area (Å²) in [5.41, 5.74) is 3.32. The van der Waals surface area contributed by atoms with Crippen LogP contribution < -0.4 is 5.32 Å². The minimum atomic E-state index is -0.188. The molecule has 1 aliphatic rings. The molecule has 1 aromatic heterocycles. The molecule has 0 bridgehead atoms. The number of amides is 1. The molecule has 134 valence electrons. The number of piperazine rings is 1. The summed E-state index contributed by atoms with van der Waals surface area (Å²) in [5.74, 6) is 0.424. The highest BCUT2D eigenvalue weighted by Crippen LogP contribution is 2.20. The fourth-order valence-electron chi connectivity index (χ4n) is 3.67. The Bertz CT molecular complexity index is 918. The summed E-state index contributed by atoms with van der Waals surface area (Å²) in [5, 5.41) is 14.1. The Hall–Kier alpha value is -2.79. The second-order valence-corrected chi connectivity index (χ2v) is 6.82. The highest BCUT2D eigenvalue weighted by atomic mass is 16.3. The Morgan fingerprint density at radius 3 is 2.92 bits per heavy atom. The van der Waals surface area contributed by atoms with Crippen LogP contribution in [-0.4, -0.2) is 46.6 Å². The van der Waals surface area contributed by atoms with E-state index in [2.05, 4.69) is 22.4 Å². The SMILES string of the molecule is O=C1C(Cc2c[nH]c3ccccc23)NCCN1CCc1cccc(O)c1. The number of benzene rings is 2. The summed E-state index contributed by atoms with van der Waals surface area (Å²) in [6.45, 7) is 2.20. The van der Waals surface area contributed by atoms with Gasteiger partial charge in [-0.15, -0.1) is 0 Å². The van der Waals surface area contributed by atoms with E-state index < -0.39 is 0 Å². The second kappa shape index (κ2) is 7.22. The largest absolute Gasteiger partial charge is 0.508 e. The molecule has 0 radical (unpaired) electrons. The summed E-state index contributed by atoms with van der Waals surface area (Å²) in [4.78, 5) is 18.1. The first-order valence-corrected chi connectivity index (χ1v) is 9.06. The third-order valence-corrected chi connectivity index (χ3v) is 5.06. The Morgan fingerprint density at radius 1 is 1.15 bits per heavy atom. The van der Waals surface area contributed by atoms with E-state index in [0.29, 0.717) is 13.0 Å². The maximum Gasteiger partial charge on any atom is 0.240 e. The van der Waals surface area contributed by atoms with Gasteiger partial charge in [0.25, 0.3) is 0 Å². The topological polar surface area (TPSA) is 68.4 Å². The van der Waals surface area contributed by atoms with Crippen molar-refractivity contribution in [2.75, 3.05) is 19.6 Å². The lowest BCUT2D eigenvalue weighted by Crippen LogP contribution is -2.56. The van der Waals surface area contributed by atoms with Gasteiger partial charge < -0.3 is 20.3 Å². The second-order valence-electron chi connectivity index (χ2n) is 6.82. The van der Waals surface area contributed by atoms with Crippen LogP contribution in [0.25, 0.3) is 10.9 Å². The third-order valence-electron chi connectivity index (χ3n) is 5.06. The van der Waals surface area contributed by atoms with Crippen molar-refractivity contribution in [2.24, 2.45) is 0 Å². The number of fused-ring (bicyclic) bond motifs is 1. The lowest BCUT2D eigenvalue weighted by molar-refractivity contribution is -0.135. The molecule has 0 saturated carbocycles. The number of phenolic OH excluding ortho intramolecular Hbond substituents is 1. The first kappa shape index (κ1) is 16.7. The van der Waals surface area contributed by atoms with E-state index in [1.165, 1.54) is 10.9 Å². The van der Waals surface area contributed by atoms with Gasteiger partial charge >= 0.3 is 0 Å². The number of para-hydroxylation sites is 1. The normalized spacial score (nSPS) is 17.8. The van der Waals surface area contributed by atoms with Crippen LogP contribution in [0.15, 0.2) is 54.7 Å². The van der Waals surface area contributed by atoms with Crippen molar-refractivity contribution in [3.05, 3.63) is 65.9 Å². The van der Waals surface area contributed by atoms with Crippen molar-refractivity contribution in [1.29, 1.82) is 0 Å². The molecule has 26 heavy (non-hydrogen) atoms. The zero-order chi connectivity index (χ0) is 17.9.